The van der Waals surface area contributed by atoms with E-state index < -0.39 is 0 Å². The number of rotatable bonds is 1. The molecule has 0 aromatic carbocycles. The molecule has 1 saturated heterocycles. The molecule has 0 spiro atoms. The highest BCUT2D eigenvalue weighted by molar-refractivity contribution is 8.21. The second kappa shape index (κ2) is 3.50. The second-order valence-corrected chi connectivity index (χ2v) is 6.94. The lowest BCUT2D eigenvalue weighted by Gasteiger charge is -2.28. The molecule has 0 aromatic rings. The molecule has 2 bridgehead atoms. The summed E-state index contributed by atoms with van der Waals surface area (Å²) in [5.41, 5.74) is 0. The molecule has 2 heterocycles. The van der Waals surface area contributed by atoms with Gasteiger partial charge in [-0.25, -0.2) is 10.9 Å². The summed E-state index contributed by atoms with van der Waals surface area (Å²) in [6.07, 6.45) is 15.2. The lowest BCUT2D eigenvalue weighted by atomic mass is 10.1. The quantitative estimate of drug-likeness (QED) is 0.630. The average molecular weight is 207 g/mol. The van der Waals surface area contributed by atoms with Crippen molar-refractivity contribution in [2.24, 2.45) is 5.92 Å². The lowest BCUT2D eigenvalue weighted by molar-refractivity contribution is 0.635. The van der Waals surface area contributed by atoms with E-state index in [1.807, 2.05) is 0 Å². The van der Waals surface area contributed by atoms with Crippen molar-refractivity contribution in [3.05, 3.63) is 35.5 Å². The number of hydrogen-bond acceptors (Lipinski definition) is 1. The molecule has 1 nitrogen and oxygen atoms in total. The van der Waals surface area contributed by atoms with Crippen LogP contribution in [-0.2, 0) is 0 Å². The minimum atomic E-state index is 0.153. The minimum Gasteiger partial charge on any atom is -0.358 e. The van der Waals surface area contributed by atoms with Gasteiger partial charge in [-0.15, -0.1) is 0 Å². The summed E-state index contributed by atoms with van der Waals surface area (Å²) in [7, 11) is 0.153. The van der Waals surface area contributed by atoms with E-state index in [1.165, 1.54) is 30.0 Å². The third-order valence-electron chi connectivity index (χ3n) is 3.52. The molecule has 0 radical (unpaired) electrons. The highest BCUT2D eigenvalue weighted by Gasteiger charge is 2.38. The summed E-state index contributed by atoms with van der Waals surface area (Å²) in [4.78, 5) is 0. The molecule has 2 heteroatoms. The van der Waals surface area contributed by atoms with Gasteiger partial charge in [0.2, 0.25) is 0 Å². The standard InChI is InChI=1S/C12H17NS/c1-2-4-12(13-7-3-1)14-9-10-5-6-11(14)8-10/h1-4,7,10-11,13-14H,5-6,8-9H2. The summed E-state index contributed by atoms with van der Waals surface area (Å²) in [5.74, 6) is 2.55. The summed E-state index contributed by atoms with van der Waals surface area (Å²) >= 11 is 0. The van der Waals surface area contributed by atoms with Crippen molar-refractivity contribution in [3.63, 3.8) is 0 Å². The molecule has 0 amide bonds. The Labute approximate surface area is 88.3 Å². The van der Waals surface area contributed by atoms with Gasteiger partial charge in [-0.05, 0) is 48.3 Å². The van der Waals surface area contributed by atoms with Crippen LogP contribution in [0.15, 0.2) is 35.5 Å². The molecule has 1 N–H and O–H groups in total. The van der Waals surface area contributed by atoms with Crippen molar-refractivity contribution in [3.8, 4) is 0 Å². The number of allylic oxidation sites excluding steroid dienone is 4. The fraction of sp³-hybridized carbons (Fsp3) is 0.500. The van der Waals surface area contributed by atoms with Crippen molar-refractivity contribution < 1.29 is 0 Å². The Balaban J connectivity index is 1.79. The average Bonchev–Trinajstić information content (AvgIpc) is 2.72. The zero-order chi connectivity index (χ0) is 9.38. The Hall–Kier alpha value is -0.630. The Kier molecular flexibility index (Phi) is 2.17. The smallest absolute Gasteiger partial charge is 0.0524 e. The van der Waals surface area contributed by atoms with Gasteiger partial charge >= 0.3 is 0 Å². The molecule has 1 aliphatic carbocycles. The van der Waals surface area contributed by atoms with E-state index in [0.717, 1.165) is 11.2 Å². The van der Waals surface area contributed by atoms with E-state index in [4.69, 9.17) is 0 Å². The molecule has 3 atom stereocenters. The van der Waals surface area contributed by atoms with E-state index in [-0.39, 0.29) is 10.9 Å². The molecule has 14 heavy (non-hydrogen) atoms. The SMILES string of the molecule is C1=CC=C([SH]2CC3CCC2C3)NC=C1. The largest absolute Gasteiger partial charge is 0.358 e. The van der Waals surface area contributed by atoms with Crippen LogP contribution >= 0.6 is 10.9 Å². The van der Waals surface area contributed by atoms with Crippen molar-refractivity contribution in [2.75, 3.05) is 5.75 Å². The maximum absolute atomic E-state index is 3.46. The Morgan fingerprint density at radius 2 is 2.21 bits per heavy atom. The van der Waals surface area contributed by atoms with Crippen LogP contribution in [0.25, 0.3) is 0 Å². The predicted octanol–water partition coefficient (Wildman–Crippen LogP) is 2.68. The Morgan fingerprint density at radius 1 is 1.21 bits per heavy atom. The maximum atomic E-state index is 3.46. The van der Waals surface area contributed by atoms with Gasteiger partial charge in [0.05, 0.1) is 5.03 Å². The molecule has 3 unspecified atom stereocenters. The van der Waals surface area contributed by atoms with Crippen LogP contribution in [0.2, 0.25) is 0 Å². The van der Waals surface area contributed by atoms with E-state index in [0.29, 0.717) is 0 Å². The Bertz CT molecular complexity index is 316. The normalized spacial score (nSPS) is 42.0. The molecule has 2 aliphatic heterocycles. The summed E-state index contributed by atoms with van der Waals surface area (Å²) in [5, 5.41) is 6.00. The summed E-state index contributed by atoms with van der Waals surface area (Å²) in [6.45, 7) is 0. The van der Waals surface area contributed by atoms with Gasteiger partial charge in [-0.2, -0.15) is 0 Å². The zero-order valence-corrected chi connectivity index (χ0v) is 9.21. The van der Waals surface area contributed by atoms with E-state index in [9.17, 15) is 0 Å². The fourth-order valence-electron chi connectivity index (χ4n) is 2.85. The first-order chi connectivity index (χ1) is 6.93. The maximum Gasteiger partial charge on any atom is 0.0524 e. The topological polar surface area (TPSA) is 12.0 Å². The number of thiol groups is 1. The number of nitrogens with one attached hydrogen (secondary N) is 1. The van der Waals surface area contributed by atoms with Gasteiger partial charge in [0.1, 0.15) is 0 Å². The van der Waals surface area contributed by atoms with Gasteiger partial charge in [-0.1, -0.05) is 12.2 Å². The van der Waals surface area contributed by atoms with Gasteiger partial charge in [0.25, 0.3) is 0 Å². The van der Waals surface area contributed by atoms with E-state index in [1.54, 1.807) is 0 Å². The molecular formula is C12H17NS. The van der Waals surface area contributed by atoms with Crippen LogP contribution in [0, 0.1) is 5.92 Å². The van der Waals surface area contributed by atoms with Crippen LogP contribution in [-0.4, -0.2) is 11.0 Å². The first-order valence-corrected chi connectivity index (χ1v) is 7.10. The van der Waals surface area contributed by atoms with Crippen LogP contribution in [0.3, 0.4) is 0 Å². The van der Waals surface area contributed by atoms with Crippen molar-refractivity contribution in [2.45, 2.75) is 24.5 Å². The minimum absolute atomic E-state index is 0.153. The van der Waals surface area contributed by atoms with Gasteiger partial charge < -0.3 is 5.32 Å². The first kappa shape index (κ1) is 8.66. The molecule has 1 saturated carbocycles. The van der Waals surface area contributed by atoms with Crippen LogP contribution < -0.4 is 5.32 Å². The van der Waals surface area contributed by atoms with Crippen LogP contribution in [0.1, 0.15) is 19.3 Å². The van der Waals surface area contributed by atoms with Crippen LogP contribution in [0.4, 0.5) is 0 Å². The molecular weight excluding hydrogens is 190 g/mol. The number of fused-ring (bicyclic) bond motifs is 2. The highest BCUT2D eigenvalue weighted by atomic mass is 32.2. The second-order valence-electron chi connectivity index (χ2n) is 4.43. The monoisotopic (exact) mass is 207 g/mol. The van der Waals surface area contributed by atoms with Gasteiger partial charge in [0, 0.05) is 6.20 Å². The third kappa shape index (κ3) is 1.42. The summed E-state index contributed by atoms with van der Waals surface area (Å²) in [6, 6.07) is 0. The Morgan fingerprint density at radius 3 is 3.00 bits per heavy atom. The van der Waals surface area contributed by atoms with Gasteiger partial charge in [0.15, 0.2) is 0 Å². The molecule has 0 aromatic heterocycles. The van der Waals surface area contributed by atoms with Crippen LogP contribution in [0.5, 0.6) is 0 Å². The van der Waals surface area contributed by atoms with Crippen molar-refractivity contribution in [1.82, 2.24) is 5.32 Å². The predicted molar refractivity (Wildman–Crippen MR) is 64.5 cm³/mol. The van der Waals surface area contributed by atoms with Crippen molar-refractivity contribution in [1.29, 1.82) is 0 Å². The molecule has 76 valence electrons. The third-order valence-corrected chi connectivity index (χ3v) is 6.68. The molecule has 3 aliphatic rings. The molecule has 2 fully saturated rings. The molecule has 3 rings (SSSR count). The lowest BCUT2D eigenvalue weighted by Crippen LogP contribution is -2.13. The highest BCUT2D eigenvalue weighted by Crippen LogP contribution is 2.57. The summed E-state index contributed by atoms with van der Waals surface area (Å²) < 4.78 is 0. The fourth-order valence-corrected chi connectivity index (χ4v) is 6.15. The zero-order valence-electron chi connectivity index (χ0n) is 8.32. The number of hydrogen-bond donors (Lipinski definition) is 2. The van der Waals surface area contributed by atoms with Crippen molar-refractivity contribution >= 4 is 10.9 Å². The van der Waals surface area contributed by atoms with E-state index in [2.05, 4.69) is 35.8 Å². The van der Waals surface area contributed by atoms with E-state index >= 15 is 0 Å². The first-order valence-electron chi connectivity index (χ1n) is 5.50. The van der Waals surface area contributed by atoms with Gasteiger partial charge in [-0.3, -0.25) is 0 Å².